The minimum Gasteiger partial charge on any atom is -0.487 e. The molecular weight excluding hydrogens is 342 g/mol. The third-order valence-corrected chi connectivity index (χ3v) is 5.55. The van der Waals surface area contributed by atoms with Gasteiger partial charge in [0.15, 0.2) is 0 Å². The first-order valence-corrected chi connectivity index (χ1v) is 10.2. The number of carbonyl (C=O) groups excluding carboxylic acids is 1. The van der Waals surface area contributed by atoms with Crippen molar-refractivity contribution in [1.29, 1.82) is 0 Å². The van der Waals surface area contributed by atoms with Gasteiger partial charge in [0, 0.05) is 17.7 Å². The minimum absolute atomic E-state index is 0.00131. The third kappa shape index (κ3) is 4.82. The number of hydrogen-bond donors (Lipinski definition) is 1. The summed E-state index contributed by atoms with van der Waals surface area (Å²) in [4.78, 5) is 12.5. The first kappa shape index (κ1) is 18.8. The summed E-state index contributed by atoms with van der Waals surface area (Å²) in [6.45, 7) is 8.29. The van der Waals surface area contributed by atoms with E-state index in [4.69, 9.17) is 4.74 Å². The molecule has 1 N–H and O–H groups in total. The van der Waals surface area contributed by atoms with Gasteiger partial charge in [0.2, 0.25) is 5.91 Å². The van der Waals surface area contributed by atoms with Gasteiger partial charge < -0.3 is 10.1 Å². The van der Waals surface area contributed by atoms with Gasteiger partial charge in [0.25, 0.3) is 0 Å². The van der Waals surface area contributed by atoms with Crippen molar-refractivity contribution in [2.75, 3.05) is 5.75 Å². The molecule has 0 radical (unpaired) electrons. The molecule has 1 unspecified atom stereocenters. The maximum atomic E-state index is 12.5. The van der Waals surface area contributed by atoms with Gasteiger partial charge in [-0.25, -0.2) is 0 Å². The standard InChI is InChI=1S/C22H27NO2S/c1-15-6-5-7-17(10-15)13-26-14-21(24)23-19-12-22(3,4)25-20-11-16(2)8-9-18(19)20/h5-11,19H,12-14H2,1-4H3,(H,23,24). The molecule has 3 nitrogen and oxygen atoms in total. The number of benzene rings is 2. The van der Waals surface area contributed by atoms with Crippen LogP contribution >= 0.6 is 11.8 Å². The van der Waals surface area contributed by atoms with Crippen LogP contribution in [0, 0.1) is 13.8 Å². The molecular formula is C22H27NO2S. The van der Waals surface area contributed by atoms with Crippen LogP contribution in [0.2, 0.25) is 0 Å². The van der Waals surface area contributed by atoms with Crippen LogP contribution in [0.3, 0.4) is 0 Å². The fourth-order valence-electron chi connectivity index (χ4n) is 3.39. The number of thioether (sulfide) groups is 1. The van der Waals surface area contributed by atoms with E-state index in [1.807, 2.05) is 0 Å². The number of carbonyl (C=O) groups is 1. The first-order valence-electron chi connectivity index (χ1n) is 9.05. The largest absolute Gasteiger partial charge is 0.487 e. The van der Waals surface area contributed by atoms with E-state index in [9.17, 15) is 4.79 Å². The number of ether oxygens (including phenoxy) is 1. The number of hydrogen-bond acceptors (Lipinski definition) is 3. The lowest BCUT2D eigenvalue weighted by molar-refractivity contribution is -0.119. The van der Waals surface area contributed by atoms with E-state index >= 15 is 0 Å². The normalized spacial score (nSPS) is 17.9. The number of nitrogens with one attached hydrogen (secondary N) is 1. The first-order chi connectivity index (χ1) is 12.3. The van der Waals surface area contributed by atoms with Crippen LogP contribution in [0.1, 0.15) is 48.6 Å². The Morgan fingerprint density at radius 1 is 1.19 bits per heavy atom. The predicted molar refractivity (Wildman–Crippen MR) is 109 cm³/mol. The van der Waals surface area contributed by atoms with Gasteiger partial charge >= 0.3 is 0 Å². The lowest BCUT2D eigenvalue weighted by Gasteiger charge is -2.38. The summed E-state index contributed by atoms with van der Waals surface area (Å²) in [6.07, 6.45) is 0.775. The molecule has 0 aromatic heterocycles. The molecule has 138 valence electrons. The summed E-state index contributed by atoms with van der Waals surface area (Å²) in [5.41, 5.74) is 4.47. The van der Waals surface area contributed by atoms with Crippen LogP contribution in [0.25, 0.3) is 0 Å². The lowest BCUT2D eigenvalue weighted by Crippen LogP contribution is -2.41. The Bertz CT molecular complexity index is 800. The molecule has 1 atom stereocenters. The Balaban J connectivity index is 1.60. The zero-order valence-electron chi connectivity index (χ0n) is 16.0. The predicted octanol–water partition coefficient (Wildman–Crippen LogP) is 4.96. The molecule has 2 aromatic rings. The summed E-state index contributed by atoms with van der Waals surface area (Å²) in [6, 6.07) is 14.6. The molecule has 0 saturated carbocycles. The molecule has 2 aromatic carbocycles. The zero-order chi connectivity index (χ0) is 18.7. The van der Waals surface area contributed by atoms with Crippen LogP contribution in [0.5, 0.6) is 5.75 Å². The second-order valence-electron chi connectivity index (χ2n) is 7.71. The van der Waals surface area contributed by atoms with Crippen molar-refractivity contribution >= 4 is 17.7 Å². The van der Waals surface area contributed by atoms with Gasteiger partial charge in [-0.3, -0.25) is 4.79 Å². The highest BCUT2D eigenvalue weighted by Crippen LogP contribution is 2.39. The number of aryl methyl sites for hydroxylation is 2. The Labute approximate surface area is 160 Å². The van der Waals surface area contributed by atoms with Gasteiger partial charge in [-0.15, -0.1) is 11.8 Å². The van der Waals surface area contributed by atoms with E-state index in [1.54, 1.807) is 11.8 Å². The van der Waals surface area contributed by atoms with E-state index in [0.29, 0.717) is 5.75 Å². The van der Waals surface area contributed by atoms with Crippen molar-refractivity contribution in [3.63, 3.8) is 0 Å². The maximum absolute atomic E-state index is 12.5. The minimum atomic E-state index is -0.284. The van der Waals surface area contributed by atoms with Gasteiger partial charge in [-0.1, -0.05) is 42.0 Å². The Morgan fingerprint density at radius 3 is 2.73 bits per heavy atom. The average molecular weight is 370 g/mol. The summed E-state index contributed by atoms with van der Waals surface area (Å²) < 4.78 is 6.11. The second kappa shape index (κ2) is 7.75. The van der Waals surface area contributed by atoms with E-state index in [0.717, 1.165) is 23.5 Å². The number of amides is 1. The summed E-state index contributed by atoms with van der Waals surface area (Å²) in [5, 5.41) is 3.21. The molecule has 1 aliphatic rings. The highest BCUT2D eigenvalue weighted by atomic mass is 32.2. The molecule has 0 saturated heterocycles. The number of rotatable bonds is 5. The van der Waals surface area contributed by atoms with E-state index in [1.165, 1.54) is 16.7 Å². The molecule has 0 aliphatic carbocycles. The molecule has 0 spiro atoms. The maximum Gasteiger partial charge on any atom is 0.230 e. The van der Waals surface area contributed by atoms with Crippen molar-refractivity contribution in [3.8, 4) is 5.75 Å². The van der Waals surface area contributed by atoms with Crippen molar-refractivity contribution in [2.24, 2.45) is 0 Å². The van der Waals surface area contributed by atoms with E-state index in [2.05, 4.69) is 75.5 Å². The van der Waals surface area contributed by atoms with Crippen molar-refractivity contribution in [3.05, 3.63) is 64.7 Å². The molecule has 0 fully saturated rings. The Kier molecular flexibility index (Phi) is 5.61. The van der Waals surface area contributed by atoms with Crippen molar-refractivity contribution in [2.45, 2.75) is 51.5 Å². The van der Waals surface area contributed by atoms with Crippen LogP contribution in [0.15, 0.2) is 42.5 Å². The van der Waals surface area contributed by atoms with E-state index in [-0.39, 0.29) is 17.6 Å². The molecule has 26 heavy (non-hydrogen) atoms. The SMILES string of the molecule is Cc1cccc(CSCC(=O)NC2CC(C)(C)Oc3cc(C)ccc32)c1. The Hall–Kier alpha value is -1.94. The van der Waals surface area contributed by atoms with Gasteiger partial charge in [-0.2, -0.15) is 0 Å². The van der Waals surface area contributed by atoms with Gasteiger partial charge in [0.1, 0.15) is 11.4 Å². The summed E-state index contributed by atoms with van der Waals surface area (Å²) in [7, 11) is 0. The monoisotopic (exact) mass is 369 g/mol. The second-order valence-corrected chi connectivity index (χ2v) is 8.69. The molecule has 1 aliphatic heterocycles. The highest BCUT2D eigenvalue weighted by Gasteiger charge is 2.34. The summed E-state index contributed by atoms with van der Waals surface area (Å²) >= 11 is 1.65. The molecule has 1 heterocycles. The fourth-order valence-corrected chi connectivity index (χ4v) is 4.17. The molecule has 0 bridgehead atoms. The van der Waals surface area contributed by atoms with Gasteiger partial charge in [-0.05, 0) is 44.9 Å². The smallest absolute Gasteiger partial charge is 0.230 e. The molecule has 3 rings (SSSR count). The van der Waals surface area contributed by atoms with Crippen LogP contribution in [-0.4, -0.2) is 17.3 Å². The quantitative estimate of drug-likeness (QED) is 0.810. The van der Waals surface area contributed by atoms with Crippen LogP contribution < -0.4 is 10.1 Å². The van der Waals surface area contributed by atoms with Crippen molar-refractivity contribution < 1.29 is 9.53 Å². The van der Waals surface area contributed by atoms with Crippen LogP contribution in [0.4, 0.5) is 0 Å². The zero-order valence-corrected chi connectivity index (χ0v) is 16.8. The summed E-state index contributed by atoms with van der Waals surface area (Å²) in [5.74, 6) is 2.28. The topological polar surface area (TPSA) is 38.3 Å². The molecule has 1 amide bonds. The lowest BCUT2D eigenvalue weighted by atomic mass is 9.89. The van der Waals surface area contributed by atoms with E-state index < -0.39 is 0 Å². The van der Waals surface area contributed by atoms with Crippen LogP contribution in [-0.2, 0) is 10.5 Å². The van der Waals surface area contributed by atoms with Gasteiger partial charge in [0.05, 0.1) is 11.8 Å². The van der Waals surface area contributed by atoms with Crippen molar-refractivity contribution in [1.82, 2.24) is 5.32 Å². The highest BCUT2D eigenvalue weighted by molar-refractivity contribution is 7.99. The Morgan fingerprint density at radius 2 is 1.96 bits per heavy atom. The fraction of sp³-hybridized carbons (Fsp3) is 0.409. The molecule has 4 heteroatoms. The third-order valence-electron chi connectivity index (χ3n) is 4.55. The number of fused-ring (bicyclic) bond motifs is 1. The average Bonchev–Trinajstić information content (AvgIpc) is 2.53.